The maximum Gasteiger partial charge on any atom is 0.238 e. The first-order valence-corrected chi connectivity index (χ1v) is 13.5. The molecule has 3 aromatic carbocycles. The van der Waals surface area contributed by atoms with Crippen molar-refractivity contribution in [2.75, 3.05) is 12.0 Å². The van der Waals surface area contributed by atoms with Crippen molar-refractivity contribution in [3.8, 4) is 5.75 Å². The van der Waals surface area contributed by atoms with Crippen LogP contribution < -0.4 is 15.1 Å². The Morgan fingerprint density at radius 3 is 2.35 bits per heavy atom. The van der Waals surface area contributed by atoms with Gasteiger partial charge < -0.3 is 9.64 Å². The van der Waals surface area contributed by atoms with Crippen LogP contribution in [0, 0.1) is 0 Å². The van der Waals surface area contributed by atoms with Gasteiger partial charge in [0.2, 0.25) is 11.0 Å². The SMILES string of the molecule is COc1ccc(C2C/C(=N\c3nnc(CN4c5ccccc5Sc5ccccc54)s3)NN2C(C)=O)cc1. The first-order valence-electron chi connectivity index (χ1n) is 11.8. The number of carbonyl (C=O) groups is 1. The smallest absolute Gasteiger partial charge is 0.238 e. The molecule has 1 unspecified atom stereocenters. The van der Waals surface area contributed by atoms with E-state index >= 15 is 0 Å². The van der Waals surface area contributed by atoms with E-state index in [0.29, 0.717) is 23.9 Å². The number of fused-ring (bicyclic) bond motifs is 2. The lowest BCUT2D eigenvalue weighted by Gasteiger charge is -2.31. The molecule has 2 aliphatic rings. The van der Waals surface area contributed by atoms with Gasteiger partial charge in [-0.25, -0.2) is 10.0 Å². The Labute approximate surface area is 223 Å². The largest absolute Gasteiger partial charge is 0.497 e. The van der Waals surface area contributed by atoms with Crippen molar-refractivity contribution in [3.05, 3.63) is 83.4 Å². The number of amides is 1. The second kappa shape index (κ2) is 9.87. The average molecular weight is 529 g/mol. The molecule has 1 amide bonds. The molecule has 8 nitrogen and oxygen atoms in total. The number of amidine groups is 1. The van der Waals surface area contributed by atoms with Gasteiger partial charge in [-0.05, 0) is 42.0 Å². The quantitative estimate of drug-likeness (QED) is 0.346. The van der Waals surface area contributed by atoms with Gasteiger partial charge in [-0.1, -0.05) is 59.5 Å². The number of hydrazine groups is 1. The molecule has 0 aliphatic carbocycles. The third-order valence-electron chi connectivity index (χ3n) is 6.30. The van der Waals surface area contributed by atoms with Crippen LogP contribution in [0.5, 0.6) is 5.75 Å². The van der Waals surface area contributed by atoms with Gasteiger partial charge in [0.05, 0.1) is 31.1 Å². The summed E-state index contributed by atoms with van der Waals surface area (Å²) in [5.41, 5.74) is 6.48. The second-order valence-corrected chi connectivity index (χ2v) is 10.8. The van der Waals surface area contributed by atoms with Crippen LogP contribution in [0.3, 0.4) is 0 Å². The molecule has 0 spiro atoms. The Morgan fingerprint density at radius 1 is 1.03 bits per heavy atom. The van der Waals surface area contributed by atoms with Crippen LogP contribution >= 0.6 is 23.1 Å². The first-order chi connectivity index (χ1) is 18.1. The number of methoxy groups -OCH3 is 1. The number of rotatable bonds is 5. The maximum atomic E-state index is 12.3. The molecule has 6 rings (SSSR count). The minimum Gasteiger partial charge on any atom is -0.497 e. The van der Waals surface area contributed by atoms with Crippen LogP contribution in [0.25, 0.3) is 0 Å². The molecule has 0 radical (unpaired) electrons. The predicted octanol–water partition coefficient (Wildman–Crippen LogP) is 5.88. The Hall–Kier alpha value is -3.89. The van der Waals surface area contributed by atoms with E-state index in [1.807, 2.05) is 24.3 Å². The highest BCUT2D eigenvalue weighted by molar-refractivity contribution is 7.99. The molecule has 37 heavy (non-hydrogen) atoms. The fraction of sp³-hybridized carbons (Fsp3) is 0.185. The molecular formula is C27H24N6O2S2. The van der Waals surface area contributed by atoms with Crippen molar-refractivity contribution in [1.29, 1.82) is 0 Å². The van der Waals surface area contributed by atoms with Gasteiger partial charge in [0.25, 0.3) is 0 Å². The van der Waals surface area contributed by atoms with Gasteiger partial charge in [-0.15, -0.1) is 10.2 Å². The third kappa shape index (κ3) is 4.65. The van der Waals surface area contributed by atoms with E-state index in [4.69, 9.17) is 9.73 Å². The summed E-state index contributed by atoms with van der Waals surface area (Å²) in [6.45, 7) is 2.14. The van der Waals surface area contributed by atoms with Gasteiger partial charge >= 0.3 is 0 Å². The molecule has 4 aromatic rings. The summed E-state index contributed by atoms with van der Waals surface area (Å²) in [6, 6.07) is 24.4. The van der Waals surface area contributed by atoms with Crippen molar-refractivity contribution >= 4 is 51.3 Å². The number of nitrogens with one attached hydrogen (secondary N) is 1. The van der Waals surface area contributed by atoms with Crippen LogP contribution in [0.4, 0.5) is 16.5 Å². The third-order valence-corrected chi connectivity index (χ3v) is 8.23. The first kappa shape index (κ1) is 23.5. The normalized spacial score (nSPS) is 17.4. The fourth-order valence-electron chi connectivity index (χ4n) is 4.55. The number of ether oxygens (including phenoxy) is 1. The highest BCUT2D eigenvalue weighted by atomic mass is 32.2. The topological polar surface area (TPSA) is 83.0 Å². The van der Waals surface area contributed by atoms with Gasteiger partial charge in [-0.3, -0.25) is 10.2 Å². The number of para-hydroxylation sites is 2. The predicted molar refractivity (Wildman–Crippen MR) is 146 cm³/mol. The van der Waals surface area contributed by atoms with E-state index in [-0.39, 0.29) is 11.9 Å². The zero-order valence-electron chi connectivity index (χ0n) is 20.3. The highest BCUT2D eigenvalue weighted by Crippen LogP contribution is 2.48. The number of hydrogen-bond donors (Lipinski definition) is 1. The lowest BCUT2D eigenvalue weighted by Crippen LogP contribution is -2.38. The zero-order valence-corrected chi connectivity index (χ0v) is 21.9. The molecule has 2 aliphatic heterocycles. The second-order valence-electron chi connectivity index (χ2n) is 8.65. The standard InChI is InChI=1S/C27H24N6O2S2/c1-17(34)33-22(18-11-13-19(35-2)14-12-18)15-25(31-33)28-27-30-29-26(37-27)16-32-20-7-3-5-9-23(20)36-24-10-6-4-8-21(24)32/h3-14,22H,15-16H2,1-2H3,(H,28,30,31). The Kier molecular flexibility index (Phi) is 6.27. The van der Waals surface area contributed by atoms with Crippen LogP contribution in [0.15, 0.2) is 87.6 Å². The van der Waals surface area contributed by atoms with Gasteiger partial charge in [0.15, 0.2) is 0 Å². The summed E-state index contributed by atoms with van der Waals surface area (Å²) in [6.07, 6.45) is 0.560. The molecular weight excluding hydrogens is 504 g/mol. The van der Waals surface area contributed by atoms with E-state index in [9.17, 15) is 4.79 Å². The minimum absolute atomic E-state index is 0.0794. The summed E-state index contributed by atoms with van der Waals surface area (Å²) in [5.74, 6) is 1.38. The molecule has 1 atom stereocenters. The summed E-state index contributed by atoms with van der Waals surface area (Å²) in [4.78, 5) is 21.8. The Balaban J connectivity index is 1.24. The van der Waals surface area contributed by atoms with E-state index in [0.717, 1.165) is 27.7 Å². The number of hydrogen-bond acceptors (Lipinski definition) is 8. The Morgan fingerprint density at radius 2 is 1.70 bits per heavy atom. The summed E-state index contributed by atoms with van der Waals surface area (Å²) >= 11 is 3.24. The molecule has 0 saturated carbocycles. The molecule has 1 saturated heterocycles. The van der Waals surface area contributed by atoms with Crippen LogP contribution in [-0.4, -0.2) is 34.1 Å². The molecule has 0 bridgehead atoms. The van der Waals surface area contributed by atoms with Crippen molar-refractivity contribution in [1.82, 2.24) is 20.6 Å². The van der Waals surface area contributed by atoms with Crippen molar-refractivity contribution in [3.63, 3.8) is 0 Å². The van der Waals surface area contributed by atoms with Crippen LogP contribution in [0.1, 0.15) is 30.0 Å². The fourth-order valence-corrected chi connectivity index (χ4v) is 6.37. The lowest BCUT2D eigenvalue weighted by atomic mass is 10.0. The summed E-state index contributed by atoms with van der Waals surface area (Å²) in [5, 5.41) is 11.8. The summed E-state index contributed by atoms with van der Waals surface area (Å²) < 4.78 is 5.26. The zero-order chi connectivity index (χ0) is 25.4. The van der Waals surface area contributed by atoms with E-state index in [1.165, 1.54) is 21.1 Å². The average Bonchev–Trinajstić information content (AvgIpc) is 3.56. The number of anilines is 2. The molecule has 3 heterocycles. The van der Waals surface area contributed by atoms with E-state index < -0.39 is 0 Å². The number of carbonyl (C=O) groups excluding carboxylic acids is 1. The van der Waals surface area contributed by atoms with Crippen molar-refractivity contribution in [2.45, 2.75) is 35.7 Å². The number of benzene rings is 3. The van der Waals surface area contributed by atoms with Gasteiger partial charge in [0, 0.05) is 23.1 Å². The Bertz CT molecular complexity index is 1440. The van der Waals surface area contributed by atoms with Crippen molar-refractivity contribution < 1.29 is 9.53 Å². The molecule has 10 heteroatoms. The van der Waals surface area contributed by atoms with Gasteiger partial charge in [-0.2, -0.15) is 0 Å². The van der Waals surface area contributed by atoms with Crippen molar-refractivity contribution in [2.24, 2.45) is 4.99 Å². The highest BCUT2D eigenvalue weighted by Gasteiger charge is 2.32. The van der Waals surface area contributed by atoms with Crippen LogP contribution in [-0.2, 0) is 11.3 Å². The van der Waals surface area contributed by atoms with E-state index in [1.54, 1.807) is 30.8 Å². The monoisotopic (exact) mass is 528 g/mol. The molecule has 186 valence electrons. The number of aliphatic imine (C=N–C) groups is 1. The summed E-state index contributed by atoms with van der Waals surface area (Å²) in [7, 11) is 1.64. The maximum absolute atomic E-state index is 12.3. The minimum atomic E-state index is -0.159. The van der Waals surface area contributed by atoms with E-state index in [2.05, 4.69) is 69.1 Å². The molecule has 1 aromatic heterocycles. The van der Waals surface area contributed by atoms with Crippen LogP contribution in [0.2, 0.25) is 0 Å². The number of aromatic nitrogens is 2. The molecule has 1 fully saturated rings. The van der Waals surface area contributed by atoms with Gasteiger partial charge in [0.1, 0.15) is 16.6 Å². The lowest BCUT2D eigenvalue weighted by molar-refractivity contribution is -0.132. The number of nitrogens with zero attached hydrogens (tertiary/aromatic N) is 5. The molecule has 1 N–H and O–H groups in total.